The van der Waals surface area contributed by atoms with Gasteiger partial charge in [0.2, 0.25) is 5.91 Å². The van der Waals surface area contributed by atoms with E-state index in [9.17, 15) is 4.79 Å². The van der Waals surface area contributed by atoms with E-state index in [0.717, 1.165) is 13.0 Å². The van der Waals surface area contributed by atoms with Crippen LogP contribution in [0.4, 0.5) is 0 Å². The summed E-state index contributed by atoms with van der Waals surface area (Å²) in [7, 11) is 1.67. The van der Waals surface area contributed by atoms with Gasteiger partial charge in [-0.1, -0.05) is 6.42 Å². The molecule has 0 radical (unpaired) electrons. The van der Waals surface area contributed by atoms with Crippen LogP contribution in [0.2, 0.25) is 0 Å². The minimum atomic E-state index is -0.141. The van der Waals surface area contributed by atoms with Gasteiger partial charge in [-0.3, -0.25) is 4.79 Å². The van der Waals surface area contributed by atoms with E-state index in [0.29, 0.717) is 19.2 Å². The topological polar surface area (TPSA) is 53.6 Å². The van der Waals surface area contributed by atoms with E-state index in [1.54, 1.807) is 7.11 Å². The molecule has 2 N–H and O–H groups in total. The normalized spacial score (nSPS) is 19.6. The predicted octanol–water partition coefficient (Wildman–Crippen LogP) is 0.992. The highest BCUT2D eigenvalue weighted by Crippen LogP contribution is 2.08. The first-order valence-corrected chi connectivity index (χ1v) is 7.88. The number of piperidine rings is 1. The van der Waals surface area contributed by atoms with Gasteiger partial charge in [0.1, 0.15) is 0 Å². The maximum Gasteiger partial charge on any atom is 0.236 e. The highest BCUT2D eigenvalue weighted by molar-refractivity contribution is 5.81. The van der Waals surface area contributed by atoms with Crippen molar-refractivity contribution in [1.29, 1.82) is 0 Å². The fourth-order valence-corrected chi connectivity index (χ4v) is 2.67. The Morgan fingerprint density at radius 1 is 1.25 bits per heavy atom. The van der Waals surface area contributed by atoms with E-state index in [4.69, 9.17) is 4.74 Å². The van der Waals surface area contributed by atoms with Gasteiger partial charge >= 0.3 is 0 Å². The molecule has 5 nitrogen and oxygen atoms in total. The lowest BCUT2D eigenvalue weighted by atomic mass is 10.1. The molecular weight excluding hydrogens is 254 g/mol. The Bertz CT molecular complexity index is 268. The summed E-state index contributed by atoms with van der Waals surface area (Å²) < 4.78 is 4.96. The summed E-state index contributed by atoms with van der Waals surface area (Å²) in [6, 6.07) is 0.199. The van der Waals surface area contributed by atoms with E-state index in [2.05, 4.69) is 22.5 Å². The lowest BCUT2D eigenvalue weighted by molar-refractivity contribution is -0.123. The predicted molar refractivity (Wildman–Crippen MR) is 81.9 cm³/mol. The van der Waals surface area contributed by atoms with Crippen molar-refractivity contribution in [3.8, 4) is 0 Å². The van der Waals surface area contributed by atoms with Gasteiger partial charge in [0.25, 0.3) is 0 Å². The maximum atomic E-state index is 11.9. The third-order valence-corrected chi connectivity index (χ3v) is 3.73. The number of rotatable bonds is 9. The molecule has 0 bridgehead atoms. The van der Waals surface area contributed by atoms with Crippen LogP contribution in [0.25, 0.3) is 0 Å². The van der Waals surface area contributed by atoms with Gasteiger partial charge in [-0.05, 0) is 46.2 Å². The number of hydrogen-bond acceptors (Lipinski definition) is 4. The molecule has 1 saturated heterocycles. The third-order valence-electron chi connectivity index (χ3n) is 3.73. The minimum Gasteiger partial charge on any atom is -0.385 e. The van der Waals surface area contributed by atoms with Crippen LogP contribution in [0, 0.1) is 0 Å². The number of hydrogen-bond donors (Lipinski definition) is 2. The largest absolute Gasteiger partial charge is 0.385 e. The summed E-state index contributed by atoms with van der Waals surface area (Å²) >= 11 is 0. The molecular formula is C15H31N3O2. The van der Waals surface area contributed by atoms with Crippen LogP contribution in [0.1, 0.15) is 39.5 Å². The number of amides is 1. The van der Waals surface area contributed by atoms with Crippen molar-refractivity contribution in [3.63, 3.8) is 0 Å². The summed E-state index contributed by atoms with van der Waals surface area (Å²) in [5.41, 5.74) is 0. The summed E-state index contributed by atoms with van der Waals surface area (Å²) in [5, 5.41) is 6.31. The molecule has 0 spiro atoms. The Kier molecular flexibility index (Phi) is 8.82. The third kappa shape index (κ3) is 7.22. The summed E-state index contributed by atoms with van der Waals surface area (Å²) in [5.74, 6) is 0.0756. The molecule has 2 unspecified atom stereocenters. The monoisotopic (exact) mass is 285 g/mol. The van der Waals surface area contributed by atoms with Crippen LogP contribution in [-0.2, 0) is 9.53 Å². The molecule has 1 aliphatic rings. The molecule has 5 heteroatoms. The average molecular weight is 285 g/mol. The van der Waals surface area contributed by atoms with Gasteiger partial charge in [-0.15, -0.1) is 0 Å². The fraction of sp³-hybridized carbons (Fsp3) is 0.933. The van der Waals surface area contributed by atoms with Gasteiger partial charge in [-0.2, -0.15) is 0 Å². The highest BCUT2D eigenvalue weighted by Gasteiger charge is 2.17. The van der Waals surface area contributed by atoms with Crippen LogP contribution in [0.3, 0.4) is 0 Å². The van der Waals surface area contributed by atoms with Crippen molar-refractivity contribution in [2.24, 2.45) is 0 Å². The Morgan fingerprint density at radius 2 is 1.95 bits per heavy atom. The van der Waals surface area contributed by atoms with Crippen molar-refractivity contribution in [3.05, 3.63) is 0 Å². The van der Waals surface area contributed by atoms with Crippen molar-refractivity contribution >= 4 is 5.91 Å². The van der Waals surface area contributed by atoms with Crippen LogP contribution in [-0.4, -0.2) is 62.8 Å². The van der Waals surface area contributed by atoms with E-state index < -0.39 is 0 Å². The molecule has 1 fully saturated rings. The van der Waals surface area contributed by atoms with E-state index in [1.807, 2.05) is 6.92 Å². The van der Waals surface area contributed by atoms with Crippen molar-refractivity contribution in [1.82, 2.24) is 15.5 Å². The standard InChI is InChI=1S/C15H31N3O2/c1-13(12-18-9-5-4-6-10-18)17-14(2)15(19)16-8-7-11-20-3/h13-14,17H,4-12H2,1-3H3,(H,16,19). The summed E-state index contributed by atoms with van der Waals surface area (Å²) in [6.45, 7) is 8.88. The molecule has 1 rings (SSSR count). The van der Waals surface area contributed by atoms with Gasteiger partial charge in [0.05, 0.1) is 6.04 Å². The Balaban J connectivity index is 2.15. The molecule has 2 atom stereocenters. The van der Waals surface area contributed by atoms with E-state index in [-0.39, 0.29) is 11.9 Å². The molecule has 0 saturated carbocycles. The van der Waals surface area contributed by atoms with E-state index >= 15 is 0 Å². The first-order valence-electron chi connectivity index (χ1n) is 7.88. The van der Waals surface area contributed by atoms with Gasteiger partial charge in [-0.25, -0.2) is 0 Å². The number of nitrogens with one attached hydrogen (secondary N) is 2. The Labute approximate surface area is 123 Å². The van der Waals surface area contributed by atoms with Gasteiger partial charge in [0.15, 0.2) is 0 Å². The first-order chi connectivity index (χ1) is 9.63. The number of carbonyl (C=O) groups is 1. The molecule has 1 heterocycles. The summed E-state index contributed by atoms with van der Waals surface area (Å²) in [6.07, 6.45) is 4.83. The SMILES string of the molecule is COCCCNC(=O)C(C)NC(C)CN1CCCCC1. The molecule has 0 aromatic heterocycles. The summed E-state index contributed by atoms with van der Waals surface area (Å²) in [4.78, 5) is 14.4. The van der Waals surface area contributed by atoms with Crippen molar-refractivity contribution in [2.75, 3.05) is 39.9 Å². The minimum absolute atomic E-state index is 0.0756. The van der Waals surface area contributed by atoms with Gasteiger partial charge < -0.3 is 20.3 Å². The second-order valence-corrected chi connectivity index (χ2v) is 5.79. The van der Waals surface area contributed by atoms with Crippen LogP contribution < -0.4 is 10.6 Å². The average Bonchev–Trinajstić information content (AvgIpc) is 2.44. The smallest absolute Gasteiger partial charge is 0.236 e. The van der Waals surface area contributed by atoms with Crippen LogP contribution in [0.5, 0.6) is 0 Å². The van der Waals surface area contributed by atoms with Gasteiger partial charge in [0, 0.05) is 32.8 Å². The van der Waals surface area contributed by atoms with E-state index in [1.165, 1.54) is 32.4 Å². The van der Waals surface area contributed by atoms with Crippen LogP contribution in [0.15, 0.2) is 0 Å². The maximum absolute atomic E-state index is 11.9. The molecule has 118 valence electrons. The Morgan fingerprint density at radius 3 is 2.60 bits per heavy atom. The Hall–Kier alpha value is -0.650. The molecule has 0 aliphatic carbocycles. The second-order valence-electron chi connectivity index (χ2n) is 5.79. The molecule has 20 heavy (non-hydrogen) atoms. The zero-order valence-electron chi connectivity index (χ0n) is 13.3. The first kappa shape index (κ1) is 17.4. The number of carbonyl (C=O) groups excluding carboxylic acids is 1. The van der Waals surface area contributed by atoms with Crippen LogP contribution >= 0.6 is 0 Å². The fourth-order valence-electron chi connectivity index (χ4n) is 2.67. The zero-order valence-corrected chi connectivity index (χ0v) is 13.3. The number of ether oxygens (including phenoxy) is 1. The number of nitrogens with zero attached hydrogens (tertiary/aromatic N) is 1. The molecule has 0 aromatic carbocycles. The highest BCUT2D eigenvalue weighted by atomic mass is 16.5. The lowest BCUT2D eigenvalue weighted by Gasteiger charge is -2.30. The molecule has 1 aliphatic heterocycles. The number of likely N-dealkylation sites (tertiary alicyclic amines) is 1. The zero-order chi connectivity index (χ0) is 14.8. The molecule has 1 amide bonds. The lowest BCUT2D eigenvalue weighted by Crippen LogP contribution is -2.50. The number of methoxy groups -OCH3 is 1. The second kappa shape index (κ2) is 10.1. The van der Waals surface area contributed by atoms with Crippen molar-refractivity contribution in [2.45, 2.75) is 51.6 Å². The molecule has 0 aromatic rings. The quantitative estimate of drug-likeness (QED) is 0.620. The van der Waals surface area contributed by atoms with Crippen molar-refractivity contribution < 1.29 is 9.53 Å².